The molecule has 1 saturated heterocycles. The molecule has 0 unspecified atom stereocenters. The third-order valence-electron chi connectivity index (χ3n) is 1.52. The summed E-state index contributed by atoms with van der Waals surface area (Å²) in [7, 11) is 0. The molecular formula is C9H13BrN2O2S. The molecule has 6 heteroatoms. The highest BCUT2D eigenvalue weighted by molar-refractivity contribution is 9.10. The van der Waals surface area contributed by atoms with Gasteiger partial charge in [-0.2, -0.15) is 0 Å². The minimum Gasteiger partial charge on any atom is -0.377 e. The summed E-state index contributed by atoms with van der Waals surface area (Å²) in [6.07, 6.45) is 5.42. The summed E-state index contributed by atoms with van der Waals surface area (Å²) in [4.78, 5) is 8.00. The normalized spacial score (nSPS) is 15.3. The number of hydrogen-bond donors (Lipinski definition) is 0. The first-order chi connectivity index (χ1) is 7.33. The Morgan fingerprint density at radius 3 is 1.93 bits per heavy atom. The summed E-state index contributed by atoms with van der Waals surface area (Å²) in [5, 5.41) is 0.804. The minimum atomic E-state index is 0.778. The van der Waals surface area contributed by atoms with E-state index in [9.17, 15) is 0 Å². The first-order valence-corrected chi connectivity index (χ1v) is 6.51. The van der Waals surface area contributed by atoms with E-state index in [1.165, 1.54) is 11.8 Å². The van der Waals surface area contributed by atoms with Crippen LogP contribution in [0.2, 0.25) is 0 Å². The van der Waals surface area contributed by atoms with Crippen LogP contribution >= 0.6 is 27.7 Å². The minimum absolute atomic E-state index is 0.778. The van der Waals surface area contributed by atoms with Crippen LogP contribution in [0.5, 0.6) is 0 Å². The molecule has 0 aliphatic carbocycles. The fourth-order valence-corrected chi connectivity index (χ4v) is 1.37. The van der Waals surface area contributed by atoms with E-state index in [1.807, 2.05) is 6.26 Å². The van der Waals surface area contributed by atoms with Crippen LogP contribution < -0.4 is 0 Å². The van der Waals surface area contributed by atoms with Gasteiger partial charge in [0.15, 0.2) is 5.16 Å². The zero-order valence-electron chi connectivity index (χ0n) is 8.48. The highest BCUT2D eigenvalue weighted by Gasteiger charge is 1.94. The Labute approximate surface area is 102 Å². The van der Waals surface area contributed by atoms with Crippen molar-refractivity contribution in [1.82, 2.24) is 9.97 Å². The van der Waals surface area contributed by atoms with E-state index in [0.717, 1.165) is 36.1 Å². The van der Waals surface area contributed by atoms with E-state index in [-0.39, 0.29) is 0 Å². The van der Waals surface area contributed by atoms with E-state index in [1.54, 1.807) is 12.4 Å². The maximum absolute atomic E-state index is 4.94. The Hall–Kier alpha value is -0.170. The van der Waals surface area contributed by atoms with Crippen LogP contribution in [0.3, 0.4) is 0 Å². The Morgan fingerprint density at radius 1 is 1.13 bits per heavy atom. The fraction of sp³-hybridized carbons (Fsp3) is 0.556. The second-order valence-corrected chi connectivity index (χ2v) is 4.30. The number of nitrogens with zero attached hydrogens (tertiary/aromatic N) is 2. The zero-order valence-corrected chi connectivity index (χ0v) is 10.9. The Balaban J connectivity index is 0.000000162. The van der Waals surface area contributed by atoms with Gasteiger partial charge in [-0.15, -0.1) is 0 Å². The molecule has 1 aliphatic rings. The SMILES string of the molecule is C1COCCO1.CSc1ncc(Br)cn1. The van der Waals surface area contributed by atoms with Crippen molar-refractivity contribution in [2.75, 3.05) is 32.7 Å². The quantitative estimate of drug-likeness (QED) is 0.585. The molecule has 1 fully saturated rings. The van der Waals surface area contributed by atoms with Crippen LogP contribution in [0.15, 0.2) is 22.0 Å². The highest BCUT2D eigenvalue weighted by Crippen LogP contribution is 2.10. The lowest BCUT2D eigenvalue weighted by atomic mass is 10.6. The summed E-state index contributed by atoms with van der Waals surface area (Å²) in [5.74, 6) is 0. The molecule has 4 nitrogen and oxygen atoms in total. The maximum atomic E-state index is 4.94. The molecule has 2 heterocycles. The Kier molecular flexibility index (Phi) is 6.91. The standard InChI is InChI=1S/C5H5BrN2S.C4H8O2/c1-9-5-7-2-4(6)3-8-5;1-2-6-4-3-5-1/h2-3H,1H3;1-4H2. The Morgan fingerprint density at radius 2 is 1.60 bits per heavy atom. The van der Waals surface area contributed by atoms with Gasteiger partial charge in [0.1, 0.15) is 0 Å². The largest absolute Gasteiger partial charge is 0.377 e. The van der Waals surface area contributed by atoms with Gasteiger partial charge in [-0.25, -0.2) is 9.97 Å². The third kappa shape index (κ3) is 6.09. The zero-order chi connectivity index (χ0) is 10.9. The van der Waals surface area contributed by atoms with Gasteiger partial charge in [-0.1, -0.05) is 11.8 Å². The molecule has 1 aliphatic heterocycles. The van der Waals surface area contributed by atoms with Gasteiger partial charge >= 0.3 is 0 Å². The third-order valence-corrected chi connectivity index (χ3v) is 2.51. The molecule has 84 valence electrons. The molecule has 2 rings (SSSR count). The molecule has 0 atom stereocenters. The van der Waals surface area contributed by atoms with Gasteiger partial charge in [-0.05, 0) is 22.2 Å². The molecule has 0 saturated carbocycles. The lowest BCUT2D eigenvalue weighted by Gasteiger charge is -2.09. The van der Waals surface area contributed by atoms with Crippen molar-refractivity contribution >= 4 is 27.7 Å². The predicted octanol–water partition coefficient (Wildman–Crippen LogP) is 1.99. The van der Waals surface area contributed by atoms with Gasteiger partial charge in [-0.3, -0.25) is 0 Å². The molecule has 0 bridgehead atoms. The average Bonchev–Trinajstić information content (AvgIpc) is 2.33. The van der Waals surface area contributed by atoms with Crippen molar-refractivity contribution in [2.24, 2.45) is 0 Å². The Bertz CT molecular complexity index is 256. The van der Waals surface area contributed by atoms with Gasteiger partial charge in [0, 0.05) is 12.4 Å². The van der Waals surface area contributed by atoms with Crippen molar-refractivity contribution in [1.29, 1.82) is 0 Å². The molecular weight excluding hydrogens is 280 g/mol. The number of hydrogen-bond acceptors (Lipinski definition) is 5. The molecule has 0 amide bonds. The van der Waals surface area contributed by atoms with Gasteiger partial charge < -0.3 is 9.47 Å². The van der Waals surface area contributed by atoms with E-state index in [2.05, 4.69) is 25.9 Å². The van der Waals surface area contributed by atoms with Crippen molar-refractivity contribution < 1.29 is 9.47 Å². The number of aromatic nitrogens is 2. The van der Waals surface area contributed by atoms with Crippen LogP contribution in [0, 0.1) is 0 Å². The van der Waals surface area contributed by atoms with Crippen molar-refractivity contribution in [2.45, 2.75) is 5.16 Å². The second kappa shape index (κ2) is 8.04. The van der Waals surface area contributed by atoms with Crippen LogP contribution in [-0.4, -0.2) is 42.7 Å². The molecule has 1 aromatic rings. The summed E-state index contributed by atoms with van der Waals surface area (Å²) < 4.78 is 10.8. The van der Waals surface area contributed by atoms with E-state index in [4.69, 9.17) is 9.47 Å². The first kappa shape index (κ1) is 12.9. The molecule has 15 heavy (non-hydrogen) atoms. The van der Waals surface area contributed by atoms with Crippen molar-refractivity contribution in [3.05, 3.63) is 16.9 Å². The molecule has 0 radical (unpaired) electrons. The van der Waals surface area contributed by atoms with Gasteiger partial charge in [0.25, 0.3) is 0 Å². The van der Waals surface area contributed by atoms with Crippen molar-refractivity contribution in [3.63, 3.8) is 0 Å². The van der Waals surface area contributed by atoms with Gasteiger partial charge in [0.2, 0.25) is 0 Å². The molecule has 0 spiro atoms. The highest BCUT2D eigenvalue weighted by atomic mass is 79.9. The summed E-state index contributed by atoms with van der Waals surface area (Å²) in [6.45, 7) is 3.11. The summed E-state index contributed by atoms with van der Waals surface area (Å²) >= 11 is 4.77. The predicted molar refractivity (Wildman–Crippen MR) is 63.2 cm³/mol. The lowest BCUT2D eigenvalue weighted by Crippen LogP contribution is -2.16. The summed E-state index contributed by atoms with van der Waals surface area (Å²) in [5.41, 5.74) is 0. The number of rotatable bonds is 1. The first-order valence-electron chi connectivity index (χ1n) is 4.50. The van der Waals surface area contributed by atoms with Gasteiger partial charge in [0.05, 0.1) is 30.9 Å². The molecule has 0 aromatic carbocycles. The molecule has 1 aromatic heterocycles. The smallest absolute Gasteiger partial charge is 0.187 e. The number of halogens is 1. The number of thioether (sulfide) groups is 1. The second-order valence-electron chi connectivity index (χ2n) is 2.61. The maximum Gasteiger partial charge on any atom is 0.187 e. The van der Waals surface area contributed by atoms with Crippen LogP contribution in [0.1, 0.15) is 0 Å². The molecule has 0 N–H and O–H groups in total. The van der Waals surface area contributed by atoms with Crippen LogP contribution in [-0.2, 0) is 9.47 Å². The topological polar surface area (TPSA) is 44.2 Å². The average molecular weight is 293 g/mol. The monoisotopic (exact) mass is 292 g/mol. The van der Waals surface area contributed by atoms with E-state index in [0.29, 0.717) is 0 Å². The summed E-state index contributed by atoms with van der Waals surface area (Å²) in [6, 6.07) is 0. The van der Waals surface area contributed by atoms with Crippen LogP contribution in [0.4, 0.5) is 0 Å². The van der Waals surface area contributed by atoms with Crippen LogP contribution in [0.25, 0.3) is 0 Å². The van der Waals surface area contributed by atoms with E-state index < -0.39 is 0 Å². The van der Waals surface area contributed by atoms with Crippen molar-refractivity contribution in [3.8, 4) is 0 Å². The lowest BCUT2D eigenvalue weighted by molar-refractivity contribution is -0.0334. The van der Waals surface area contributed by atoms with E-state index >= 15 is 0 Å². The number of ether oxygens (including phenoxy) is 2. The fourth-order valence-electron chi connectivity index (χ4n) is 0.846.